The first-order valence-corrected chi connectivity index (χ1v) is 12.8. The van der Waals surface area contributed by atoms with Crippen molar-refractivity contribution >= 4 is 21.6 Å². The number of rotatable bonds is 5. The summed E-state index contributed by atoms with van der Waals surface area (Å²) in [6.45, 7) is 3.38. The lowest BCUT2D eigenvalue weighted by Gasteiger charge is -2.35. The van der Waals surface area contributed by atoms with E-state index in [1.54, 1.807) is 17.0 Å². The van der Waals surface area contributed by atoms with Gasteiger partial charge in [0.1, 0.15) is 5.82 Å². The Kier molecular flexibility index (Phi) is 6.10. The number of piperazine rings is 1. The molecule has 3 aromatic carbocycles. The van der Waals surface area contributed by atoms with Gasteiger partial charge in [0.25, 0.3) is 15.9 Å². The van der Waals surface area contributed by atoms with E-state index in [0.717, 1.165) is 18.2 Å². The number of sulfonamides is 1. The number of anilines is 1. The first-order valence-electron chi connectivity index (χ1n) is 11.4. The third-order valence-corrected chi connectivity index (χ3v) is 8.32. The maximum Gasteiger partial charge on any atom is 0.264 e. The average molecular weight is 480 g/mol. The third-order valence-electron chi connectivity index (χ3n) is 6.51. The first-order chi connectivity index (χ1) is 16.4. The zero-order chi connectivity index (χ0) is 23.7. The number of carbonyl (C=O) groups is 1. The summed E-state index contributed by atoms with van der Waals surface area (Å²) in [4.78, 5) is 16.9. The second-order valence-electron chi connectivity index (χ2n) is 8.65. The van der Waals surface area contributed by atoms with Crippen molar-refractivity contribution in [2.75, 3.05) is 37.0 Å². The Morgan fingerprint density at radius 1 is 0.853 bits per heavy atom. The van der Waals surface area contributed by atoms with Crippen LogP contribution >= 0.6 is 0 Å². The van der Waals surface area contributed by atoms with Crippen molar-refractivity contribution < 1.29 is 17.6 Å². The summed E-state index contributed by atoms with van der Waals surface area (Å²) in [6.07, 6.45) is 0.621. The normalized spacial score (nSPS) is 16.5. The van der Waals surface area contributed by atoms with Crippen LogP contribution in [-0.2, 0) is 23.0 Å². The van der Waals surface area contributed by atoms with Crippen LogP contribution in [-0.4, -0.2) is 56.8 Å². The van der Waals surface area contributed by atoms with E-state index >= 15 is 0 Å². The molecule has 1 amide bonds. The number of para-hydroxylation sites is 1. The van der Waals surface area contributed by atoms with Crippen LogP contribution in [0.15, 0.2) is 77.7 Å². The van der Waals surface area contributed by atoms with Crippen molar-refractivity contribution in [2.24, 2.45) is 0 Å². The lowest BCUT2D eigenvalue weighted by atomic mass is 10.1. The summed E-state index contributed by atoms with van der Waals surface area (Å²) in [6, 6.07) is 21.0. The monoisotopic (exact) mass is 479 g/mol. The van der Waals surface area contributed by atoms with Crippen LogP contribution in [0.1, 0.15) is 21.5 Å². The molecule has 2 heterocycles. The number of hydrogen-bond acceptors (Lipinski definition) is 4. The fourth-order valence-corrected chi connectivity index (χ4v) is 6.16. The van der Waals surface area contributed by atoms with Crippen molar-refractivity contribution in [3.8, 4) is 0 Å². The molecule has 3 aromatic rings. The minimum Gasteiger partial charge on any atom is -0.336 e. The highest BCUT2D eigenvalue weighted by Crippen LogP contribution is 2.33. The van der Waals surface area contributed by atoms with Crippen LogP contribution in [0.4, 0.5) is 10.1 Å². The molecule has 0 aromatic heterocycles. The Hall–Kier alpha value is -3.23. The van der Waals surface area contributed by atoms with Gasteiger partial charge in [-0.3, -0.25) is 14.0 Å². The summed E-state index contributed by atoms with van der Waals surface area (Å²) in [7, 11) is -3.91. The molecule has 8 heteroatoms. The number of hydrogen-bond donors (Lipinski definition) is 0. The number of nitrogens with zero attached hydrogens (tertiary/aromatic N) is 3. The van der Waals surface area contributed by atoms with Gasteiger partial charge in [-0.2, -0.15) is 0 Å². The molecule has 0 unspecified atom stereocenters. The van der Waals surface area contributed by atoms with Gasteiger partial charge in [0, 0.05) is 39.3 Å². The summed E-state index contributed by atoms with van der Waals surface area (Å²) < 4.78 is 42.7. The standard InChI is InChI=1S/C26H26FN3O3S/c27-24-11-10-22(34(32,33)30-13-12-21-8-4-5-9-25(21)30)18-23(24)26(31)29-16-14-28(15-17-29)19-20-6-2-1-3-7-20/h1-11,18H,12-17,19H2. The molecular weight excluding hydrogens is 453 g/mol. The molecule has 2 aliphatic rings. The second kappa shape index (κ2) is 9.19. The number of carbonyl (C=O) groups excluding carboxylic acids is 1. The fourth-order valence-electron chi connectivity index (χ4n) is 4.63. The van der Waals surface area contributed by atoms with Crippen molar-refractivity contribution in [2.45, 2.75) is 17.9 Å². The average Bonchev–Trinajstić information content (AvgIpc) is 3.30. The predicted molar refractivity (Wildman–Crippen MR) is 129 cm³/mol. The Morgan fingerprint density at radius 3 is 2.32 bits per heavy atom. The van der Waals surface area contributed by atoms with Gasteiger partial charge in [0.2, 0.25) is 0 Å². The molecule has 1 fully saturated rings. The van der Waals surface area contributed by atoms with Crippen molar-refractivity contribution in [3.05, 3.63) is 95.3 Å². The second-order valence-corrected chi connectivity index (χ2v) is 10.5. The van der Waals surface area contributed by atoms with E-state index in [9.17, 15) is 17.6 Å². The number of fused-ring (bicyclic) bond motifs is 1. The zero-order valence-electron chi connectivity index (χ0n) is 18.7. The lowest BCUT2D eigenvalue weighted by molar-refractivity contribution is 0.0623. The van der Waals surface area contributed by atoms with Gasteiger partial charge in [-0.1, -0.05) is 48.5 Å². The lowest BCUT2D eigenvalue weighted by Crippen LogP contribution is -2.48. The van der Waals surface area contributed by atoms with Crippen LogP contribution in [0.3, 0.4) is 0 Å². The summed E-state index contributed by atoms with van der Waals surface area (Å²) in [5, 5.41) is 0. The molecule has 0 N–H and O–H groups in total. The molecule has 5 rings (SSSR count). The summed E-state index contributed by atoms with van der Waals surface area (Å²) in [5.74, 6) is -1.19. The molecule has 2 aliphatic heterocycles. The topological polar surface area (TPSA) is 60.9 Å². The molecule has 0 aliphatic carbocycles. The van der Waals surface area contributed by atoms with Gasteiger partial charge in [0.15, 0.2) is 0 Å². The number of halogens is 1. The molecule has 0 saturated carbocycles. The van der Waals surface area contributed by atoms with Crippen LogP contribution < -0.4 is 4.31 Å². The molecule has 34 heavy (non-hydrogen) atoms. The smallest absolute Gasteiger partial charge is 0.264 e. The molecule has 1 saturated heterocycles. The highest BCUT2D eigenvalue weighted by atomic mass is 32.2. The quantitative estimate of drug-likeness (QED) is 0.562. The van der Waals surface area contributed by atoms with Gasteiger partial charge in [-0.25, -0.2) is 12.8 Å². The molecule has 176 valence electrons. The maximum atomic E-state index is 14.7. The minimum atomic E-state index is -3.91. The van der Waals surface area contributed by atoms with E-state index in [-0.39, 0.29) is 10.5 Å². The van der Waals surface area contributed by atoms with E-state index in [1.807, 2.05) is 30.3 Å². The predicted octanol–water partition coefficient (Wildman–Crippen LogP) is 3.54. The Labute approximate surface area is 199 Å². The van der Waals surface area contributed by atoms with Crippen molar-refractivity contribution in [3.63, 3.8) is 0 Å². The van der Waals surface area contributed by atoms with Crippen molar-refractivity contribution in [1.29, 1.82) is 0 Å². The highest BCUT2D eigenvalue weighted by Gasteiger charge is 2.32. The largest absolute Gasteiger partial charge is 0.336 e. The SMILES string of the molecule is O=C(c1cc(S(=O)(=O)N2CCc3ccccc32)ccc1F)N1CCN(Cc2ccccc2)CC1. The van der Waals surface area contributed by atoms with Gasteiger partial charge < -0.3 is 4.90 Å². The van der Waals surface area contributed by atoms with E-state index in [1.165, 1.54) is 22.0 Å². The van der Waals surface area contributed by atoms with Crippen LogP contribution in [0, 0.1) is 5.82 Å². The van der Waals surface area contributed by atoms with Crippen molar-refractivity contribution in [1.82, 2.24) is 9.80 Å². The Bertz CT molecular complexity index is 1310. The minimum absolute atomic E-state index is 0.0725. The van der Waals surface area contributed by atoms with Gasteiger partial charge in [-0.15, -0.1) is 0 Å². The molecule has 0 radical (unpaired) electrons. The molecule has 0 bridgehead atoms. The van der Waals surface area contributed by atoms with E-state index in [0.29, 0.717) is 44.8 Å². The molecular formula is C26H26FN3O3S. The van der Waals surface area contributed by atoms with E-state index in [4.69, 9.17) is 0 Å². The summed E-state index contributed by atoms with van der Waals surface area (Å²) in [5.41, 5.74) is 2.59. The zero-order valence-corrected chi connectivity index (χ0v) is 19.5. The molecule has 6 nitrogen and oxygen atoms in total. The number of benzene rings is 3. The van der Waals surface area contributed by atoms with Gasteiger partial charge in [0.05, 0.1) is 16.1 Å². The highest BCUT2D eigenvalue weighted by molar-refractivity contribution is 7.92. The van der Waals surface area contributed by atoms with Gasteiger partial charge >= 0.3 is 0 Å². The summed E-state index contributed by atoms with van der Waals surface area (Å²) >= 11 is 0. The van der Waals surface area contributed by atoms with E-state index in [2.05, 4.69) is 17.0 Å². The van der Waals surface area contributed by atoms with Crippen LogP contribution in [0.2, 0.25) is 0 Å². The van der Waals surface area contributed by atoms with Crippen LogP contribution in [0.25, 0.3) is 0 Å². The third kappa shape index (κ3) is 4.31. The van der Waals surface area contributed by atoms with Crippen LogP contribution in [0.5, 0.6) is 0 Å². The Morgan fingerprint density at radius 2 is 1.56 bits per heavy atom. The maximum absolute atomic E-state index is 14.7. The van der Waals surface area contributed by atoms with E-state index < -0.39 is 21.7 Å². The fraction of sp³-hybridized carbons (Fsp3) is 0.269. The number of amides is 1. The Balaban J connectivity index is 1.32. The first kappa shape index (κ1) is 22.6. The molecule has 0 spiro atoms. The van der Waals surface area contributed by atoms with Gasteiger partial charge in [-0.05, 0) is 41.8 Å². The molecule has 0 atom stereocenters.